The summed E-state index contributed by atoms with van der Waals surface area (Å²) in [6.45, 7) is 9.64. The third-order valence-electron chi connectivity index (χ3n) is 6.46. The molecule has 0 radical (unpaired) electrons. The summed E-state index contributed by atoms with van der Waals surface area (Å²) in [7, 11) is 0. The number of hydrogen-bond acceptors (Lipinski definition) is 6. The molecule has 0 spiro atoms. The molecule has 1 N–H and O–H groups in total. The Morgan fingerprint density at radius 1 is 1.11 bits per heavy atom. The number of thiophene rings is 1. The van der Waals surface area contributed by atoms with Gasteiger partial charge in [0.2, 0.25) is 0 Å². The number of ether oxygens (including phenoxy) is 1. The topological polar surface area (TPSA) is 81.4 Å². The lowest BCUT2D eigenvalue weighted by molar-refractivity contribution is 0.0529. The van der Waals surface area contributed by atoms with Crippen LogP contribution in [0.3, 0.4) is 0 Å². The predicted molar refractivity (Wildman–Crippen MR) is 149 cm³/mol. The van der Waals surface area contributed by atoms with Crippen LogP contribution in [0.15, 0.2) is 47.0 Å². The van der Waals surface area contributed by atoms with E-state index in [-0.39, 0.29) is 39.8 Å². The Morgan fingerprint density at radius 3 is 2.45 bits per heavy atom. The number of benzene rings is 2. The molecule has 4 aromatic rings. The zero-order valence-electron chi connectivity index (χ0n) is 21.8. The van der Waals surface area contributed by atoms with Crippen LogP contribution in [0.4, 0.5) is 9.39 Å². The maximum atomic E-state index is 14.7. The number of rotatable bonds is 8. The second-order valence-electron chi connectivity index (χ2n) is 8.90. The third-order valence-corrected chi connectivity index (χ3v) is 7.80. The van der Waals surface area contributed by atoms with E-state index in [0.29, 0.717) is 16.5 Å². The lowest BCUT2D eigenvalue weighted by Crippen LogP contribution is -2.16. The molecule has 0 saturated heterocycles. The lowest BCUT2D eigenvalue weighted by Gasteiger charge is -2.12. The van der Waals surface area contributed by atoms with Gasteiger partial charge < -0.3 is 14.6 Å². The van der Waals surface area contributed by atoms with E-state index in [9.17, 15) is 14.0 Å². The van der Waals surface area contributed by atoms with E-state index in [1.54, 1.807) is 13.8 Å². The van der Waals surface area contributed by atoms with Gasteiger partial charge in [-0.15, -0.1) is 11.3 Å². The molecule has 38 heavy (non-hydrogen) atoms. The number of amides is 1. The van der Waals surface area contributed by atoms with E-state index in [1.807, 2.05) is 19.1 Å². The standard InChI is InChI=1S/C29H28ClFN2O4S/c1-6-15(3)18-11-13-19(14-12-18)23-17(5)38-28(25(23)29(35)36-7-2)32-27(34)22-16(4)37-33-26(22)24-20(30)9-8-10-21(24)31/h8-15H,6-7H2,1-5H3,(H,32,34)/t15-/m1/s1. The minimum Gasteiger partial charge on any atom is -0.462 e. The van der Waals surface area contributed by atoms with Crippen molar-refractivity contribution in [3.05, 3.63) is 80.6 Å². The van der Waals surface area contributed by atoms with Crippen molar-refractivity contribution in [3.8, 4) is 22.4 Å². The van der Waals surface area contributed by atoms with Crippen LogP contribution in [0.5, 0.6) is 0 Å². The Kier molecular flexibility index (Phi) is 8.33. The third kappa shape index (κ3) is 5.24. The van der Waals surface area contributed by atoms with Crippen molar-refractivity contribution in [1.29, 1.82) is 0 Å². The Labute approximate surface area is 229 Å². The van der Waals surface area contributed by atoms with Crippen molar-refractivity contribution in [2.75, 3.05) is 11.9 Å². The van der Waals surface area contributed by atoms with Crippen LogP contribution in [0, 0.1) is 19.7 Å². The number of aromatic nitrogens is 1. The molecule has 0 saturated carbocycles. The molecule has 1 atom stereocenters. The van der Waals surface area contributed by atoms with Gasteiger partial charge in [0.25, 0.3) is 5.91 Å². The van der Waals surface area contributed by atoms with E-state index in [1.165, 1.54) is 35.1 Å². The number of anilines is 1. The molecule has 9 heteroatoms. The number of hydrogen-bond donors (Lipinski definition) is 1. The molecular weight excluding hydrogens is 527 g/mol. The van der Waals surface area contributed by atoms with Gasteiger partial charge >= 0.3 is 5.97 Å². The second-order valence-corrected chi connectivity index (χ2v) is 10.5. The summed E-state index contributed by atoms with van der Waals surface area (Å²) in [6, 6.07) is 12.3. The van der Waals surface area contributed by atoms with Crippen LogP contribution < -0.4 is 5.32 Å². The van der Waals surface area contributed by atoms with E-state index in [4.69, 9.17) is 20.9 Å². The van der Waals surface area contributed by atoms with E-state index in [2.05, 4.69) is 36.5 Å². The highest BCUT2D eigenvalue weighted by atomic mass is 35.5. The number of carbonyl (C=O) groups is 2. The van der Waals surface area contributed by atoms with Crippen LogP contribution in [0.1, 0.15) is 70.0 Å². The maximum Gasteiger partial charge on any atom is 0.341 e. The van der Waals surface area contributed by atoms with Crippen LogP contribution >= 0.6 is 22.9 Å². The number of esters is 1. The average molecular weight is 555 g/mol. The fourth-order valence-electron chi connectivity index (χ4n) is 4.29. The highest BCUT2D eigenvalue weighted by Crippen LogP contribution is 2.42. The van der Waals surface area contributed by atoms with Gasteiger partial charge in [-0.25, -0.2) is 9.18 Å². The van der Waals surface area contributed by atoms with Gasteiger partial charge in [-0.2, -0.15) is 0 Å². The molecule has 0 bridgehead atoms. The Morgan fingerprint density at radius 2 is 1.82 bits per heavy atom. The van der Waals surface area contributed by atoms with Crippen molar-refractivity contribution >= 4 is 39.8 Å². The molecule has 0 fully saturated rings. The first-order chi connectivity index (χ1) is 18.2. The molecule has 2 heterocycles. The summed E-state index contributed by atoms with van der Waals surface area (Å²) < 4.78 is 25.3. The Hall–Kier alpha value is -3.49. The molecule has 0 aliphatic carbocycles. The van der Waals surface area contributed by atoms with Gasteiger partial charge in [0.15, 0.2) is 0 Å². The van der Waals surface area contributed by atoms with Crippen molar-refractivity contribution < 1.29 is 23.2 Å². The van der Waals surface area contributed by atoms with E-state index < -0.39 is 17.7 Å². The fourth-order valence-corrected chi connectivity index (χ4v) is 5.60. The summed E-state index contributed by atoms with van der Waals surface area (Å²) in [5.41, 5.74) is 2.97. The molecule has 0 aliphatic rings. The predicted octanol–water partition coefficient (Wildman–Crippen LogP) is 8.42. The van der Waals surface area contributed by atoms with Gasteiger partial charge in [-0.3, -0.25) is 4.79 Å². The first kappa shape index (κ1) is 27.5. The average Bonchev–Trinajstić information content (AvgIpc) is 3.42. The fraction of sp³-hybridized carbons (Fsp3) is 0.276. The summed E-state index contributed by atoms with van der Waals surface area (Å²) >= 11 is 7.49. The van der Waals surface area contributed by atoms with Crippen molar-refractivity contribution in [2.24, 2.45) is 0 Å². The first-order valence-corrected chi connectivity index (χ1v) is 13.5. The number of nitrogens with one attached hydrogen (secondary N) is 1. The number of nitrogens with zero attached hydrogens (tertiary/aromatic N) is 1. The van der Waals surface area contributed by atoms with Gasteiger partial charge in [0.05, 0.1) is 17.2 Å². The first-order valence-electron chi connectivity index (χ1n) is 12.3. The van der Waals surface area contributed by atoms with Crippen LogP contribution in [0.2, 0.25) is 5.02 Å². The van der Waals surface area contributed by atoms with Gasteiger partial charge in [0, 0.05) is 10.4 Å². The van der Waals surface area contributed by atoms with Gasteiger partial charge in [-0.05, 0) is 56.4 Å². The molecule has 6 nitrogen and oxygen atoms in total. The van der Waals surface area contributed by atoms with Crippen molar-refractivity contribution in [3.63, 3.8) is 0 Å². The Balaban J connectivity index is 1.78. The van der Waals surface area contributed by atoms with E-state index >= 15 is 0 Å². The number of aryl methyl sites for hydroxylation is 2. The molecular formula is C29H28ClFN2O4S. The molecule has 0 unspecified atom stereocenters. The molecule has 198 valence electrons. The zero-order chi connectivity index (χ0) is 27.6. The molecule has 2 aromatic heterocycles. The molecule has 0 aliphatic heterocycles. The van der Waals surface area contributed by atoms with Crippen molar-refractivity contribution in [1.82, 2.24) is 5.16 Å². The quantitative estimate of drug-likeness (QED) is 0.221. The Bertz CT molecular complexity index is 1470. The minimum absolute atomic E-state index is 0.0186. The lowest BCUT2D eigenvalue weighted by atomic mass is 9.94. The van der Waals surface area contributed by atoms with Gasteiger partial charge in [-0.1, -0.05) is 60.9 Å². The maximum absolute atomic E-state index is 14.7. The number of carbonyl (C=O) groups excluding carboxylic acids is 2. The number of halogens is 2. The smallest absolute Gasteiger partial charge is 0.341 e. The minimum atomic E-state index is -0.637. The zero-order valence-corrected chi connectivity index (χ0v) is 23.3. The van der Waals surface area contributed by atoms with Gasteiger partial charge in [0.1, 0.15) is 33.4 Å². The van der Waals surface area contributed by atoms with Crippen LogP contribution in [-0.4, -0.2) is 23.6 Å². The highest BCUT2D eigenvalue weighted by Gasteiger charge is 2.29. The summed E-state index contributed by atoms with van der Waals surface area (Å²) in [5, 5.41) is 7.14. The summed E-state index contributed by atoms with van der Waals surface area (Å²) in [5.74, 6) is -1.20. The normalized spacial score (nSPS) is 11.9. The SMILES string of the molecule is CCOC(=O)c1c(NC(=O)c2c(-c3c(F)cccc3Cl)noc2C)sc(C)c1-c1ccc([C@H](C)CC)cc1. The molecule has 1 amide bonds. The molecule has 2 aromatic carbocycles. The van der Waals surface area contributed by atoms with Crippen LogP contribution in [-0.2, 0) is 4.74 Å². The van der Waals surface area contributed by atoms with Crippen LogP contribution in [0.25, 0.3) is 22.4 Å². The summed E-state index contributed by atoms with van der Waals surface area (Å²) in [6.07, 6.45) is 1.02. The largest absolute Gasteiger partial charge is 0.462 e. The van der Waals surface area contributed by atoms with Crippen molar-refractivity contribution in [2.45, 2.75) is 47.0 Å². The molecule has 4 rings (SSSR count). The highest BCUT2D eigenvalue weighted by molar-refractivity contribution is 7.17. The second kappa shape index (κ2) is 11.5. The van der Waals surface area contributed by atoms with E-state index in [0.717, 1.165) is 16.9 Å². The summed E-state index contributed by atoms with van der Waals surface area (Å²) in [4.78, 5) is 27.5. The monoisotopic (exact) mass is 554 g/mol.